The minimum Gasteiger partial charge on any atom is -0.465 e. The zero-order chi connectivity index (χ0) is 115. The van der Waals surface area contributed by atoms with Crippen molar-refractivity contribution in [2.75, 3.05) is 84.7 Å². The average molecular weight is 2130 g/mol. The Hall–Kier alpha value is -7.65. The number of nitrogens with two attached hydrogens (primary N) is 2. The highest BCUT2D eigenvalue weighted by Crippen LogP contribution is 2.37. The van der Waals surface area contributed by atoms with Crippen molar-refractivity contribution >= 4 is 128 Å². The Morgan fingerprint density at radius 1 is 0.408 bits per heavy atom. The smallest absolute Gasteiger partial charge is 0.308 e. The van der Waals surface area contributed by atoms with Crippen molar-refractivity contribution in [1.82, 2.24) is 14.7 Å². The molecule has 5 rings (SSSR count). The van der Waals surface area contributed by atoms with Gasteiger partial charge in [0.2, 0.25) is 11.8 Å². The molecule has 0 aromatic rings. The molecule has 856 valence electrons. The van der Waals surface area contributed by atoms with Crippen molar-refractivity contribution in [1.29, 1.82) is 0 Å². The zero-order valence-corrected chi connectivity index (χ0v) is 99.0. The van der Waals surface area contributed by atoms with Crippen molar-refractivity contribution in [3.05, 3.63) is 0 Å². The fourth-order valence-corrected chi connectivity index (χ4v) is 15.7. The molecule has 3 saturated carbocycles. The molecule has 0 aromatic carbocycles. The van der Waals surface area contributed by atoms with Crippen LogP contribution in [0, 0.1) is 94.7 Å². The molecule has 33 nitrogen and oxygen atoms in total. The summed E-state index contributed by atoms with van der Waals surface area (Å²) in [6, 6.07) is -0.0385. The molecule has 2 aliphatic heterocycles. The number of carbonyl (C=O) groups excluding carboxylic acids is 19. The molecule has 1 unspecified atom stereocenters. The maximum absolute atomic E-state index is 12.0. The van der Waals surface area contributed by atoms with E-state index in [-0.39, 0.29) is 225 Å². The van der Waals surface area contributed by atoms with E-state index in [0.29, 0.717) is 165 Å². The van der Waals surface area contributed by atoms with Crippen LogP contribution in [0.5, 0.6) is 0 Å². The molecule has 2 amide bonds. The summed E-state index contributed by atoms with van der Waals surface area (Å²) in [4.78, 5) is 227. The summed E-state index contributed by atoms with van der Waals surface area (Å²) in [5, 5.41) is -0.211. The lowest BCUT2D eigenvalue weighted by Crippen LogP contribution is -2.47. The van der Waals surface area contributed by atoms with Gasteiger partial charge in [-0.25, -0.2) is 8.42 Å². The maximum atomic E-state index is 12.0. The van der Waals surface area contributed by atoms with E-state index in [4.69, 9.17) is 40.0 Å². The van der Waals surface area contributed by atoms with Gasteiger partial charge in [0.05, 0.1) is 66.5 Å². The van der Waals surface area contributed by atoms with E-state index in [2.05, 4.69) is 11.9 Å². The van der Waals surface area contributed by atoms with Gasteiger partial charge in [-0.15, -0.1) is 0 Å². The Bertz CT molecular complexity index is 4000. The highest BCUT2D eigenvalue weighted by atomic mass is 32.2. The summed E-state index contributed by atoms with van der Waals surface area (Å²) in [6.45, 7) is 64.0. The number of piperazine rings is 1. The third-order valence-electron chi connectivity index (χ3n) is 25.2. The van der Waals surface area contributed by atoms with E-state index in [1.165, 1.54) is 27.4 Å². The topological polar surface area (TPSA) is 504 Å². The van der Waals surface area contributed by atoms with Gasteiger partial charge in [0, 0.05) is 168 Å². The van der Waals surface area contributed by atoms with Gasteiger partial charge in [0.15, 0.2) is 23.0 Å². The number of nitrogens with zero attached hydrogens (tertiary/aromatic N) is 3. The molecule has 147 heavy (non-hydrogen) atoms. The Balaban J connectivity index is -0.000000374. The van der Waals surface area contributed by atoms with Crippen LogP contribution in [-0.4, -0.2) is 253 Å². The molecule has 0 spiro atoms. The monoisotopic (exact) mass is 2130 g/mol. The highest BCUT2D eigenvalue weighted by Gasteiger charge is 2.38. The summed E-state index contributed by atoms with van der Waals surface area (Å²) >= 11 is 0. The molecule has 5 atom stereocenters. The van der Waals surface area contributed by atoms with Crippen LogP contribution >= 0.6 is 7.37 Å². The summed E-state index contributed by atoms with van der Waals surface area (Å²) in [5.41, 5.74) is 11.1. The van der Waals surface area contributed by atoms with Gasteiger partial charge in [-0.1, -0.05) is 159 Å². The van der Waals surface area contributed by atoms with Crippen LogP contribution in [0.3, 0.4) is 0 Å². The Kier molecular flexibility index (Phi) is 85.6. The zero-order valence-electron chi connectivity index (χ0n) is 97.3. The molecule has 35 heteroatoms. The number of ketones is 12. The van der Waals surface area contributed by atoms with Crippen molar-refractivity contribution in [3.8, 4) is 0 Å². The van der Waals surface area contributed by atoms with Crippen LogP contribution in [-0.2, 0) is 129 Å². The lowest BCUT2D eigenvalue weighted by atomic mass is 9.77. The number of rotatable bonds is 50. The first-order chi connectivity index (χ1) is 67.8. The van der Waals surface area contributed by atoms with Crippen molar-refractivity contribution in [2.45, 2.75) is 424 Å². The van der Waals surface area contributed by atoms with E-state index in [0.717, 1.165) is 90.4 Å². The number of Topliss-reactive ketones (excluding diaryl/α,β-unsaturated/α-hetero) is 12. The Morgan fingerprint density at radius 2 is 0.782 bits per heavy atom. The van der Waals surface area contributed by atoms with Gasteiger partial charge in [-0.2, -0.15) is 0 Å². The van der Waals surface area contributed by atoms with Crippen LogP contribution in [0.2, 0.25) is 0 Å². The number of likely N-dealkylation sites (N-methyl/N-ethyl adjacent to an activating group) is 1. The van der Waals surface area contributed by atoms with Crippen LogP contribution in [0.4, 0.5) is 0 Å². The second-order valence-electron chi connectivity index (χ2n) is 43.2. The Morgan fingerprint density at radius 3 is 1.10 bits per heavy atom. The van der Waals surface area contributed by atoms with Crippen molar-refractivity contribution in [2.24, 2.45) is 106 Å². The average Bonchev–Trinajstić information content (AvgIpc) is 1.70. The number of ether oxygens (including phenoxy) is 5. The standard InChI is InChI=1S/C14H23NO4.C13H24N2O3.C12H20O2.C10H19NO2.2C10H16O3.C10H18O2.C9H19NO.C9H19O3P.C9H16O3.C6H14O2S/c1-10(2)14(18)19-9-5-7-13(17)15-8-4-6-12(15)11(3)16;1-11(2)13(17)18-10-4-5-12(16)15-8-6-14(3)7-9-15;1-8(2)12(14)11-6-4-10(5-7-11)9(3)13;1-7(2)10(13)9(6-11)5-4-8(3)12;2*1-6(2)10(12)13-9-4-8(5-9)7(3)11;1-7(2)10(12)6-5-8(3)9(4)11;1-4-8(10)5-6-9(11)7(2)3;1-8(2)9(10)6-4-5-7-13(3,11)12;1-7(2)9(11)12-6-4-5-8(3)10;1-4-5-9(7,8)6(2)3/h10,12H,4-9H2,1-3H3;11H,4-10H2,1-3H3;8,10-11H,4-7H2,1-3H3;7,9H,4-6,11H2,1-3H3;2*6,8-9H,4-5H2,1-3H3;7-8H,5-6H2,1-4H3;7-8H,4-6,10H2,1-3H3;8H,4-7H2,1-3H3,(H,11,12);7H,4-6H2,1-3H3;6H,4-5H2,1-3H3/t12-;;;9-;;;2*8-;;;/m0..0..11.../s1. The third kappa shape index (κ3) is 79.1. The molecule has 0 radical (unpaired) electrons. The van der Waals surface area contributed by atoms with Gasteiger partial charge < -0.3 is 64.3 Å². The van der Waals surface area contributed by atoms with Gasteiger partial charge in [-0.05, 0) is 198 Å². The number of hydrogen-bond donors (Lipinski definition) is 3. The number of sulfone groups is 1. The van der Waals surface area contributed by atoms with E-state index in [1.807, 2.05) is 123 Å². The molecule has 2 heterocycles. The minimum absolute atomic E-state index is 0.0104. The molecular weight excluding hydrogens is 1930 g/mol. The normalized spacial score (nSPS) is 18.1. The summed E-state index contributed by atoms with van der Waals surface area (Å²) in [5.74, 6) is 2.75. The lowest BCUT2D eigenvalue weighted by molar-refractivity contribution is -0.162. The maximum Gasteiger partial charge on any atom is 0.308 e. The molecule has 5 fully saturated rings. The second kappa shape index (κ2) is 83.9. The van der Waals surface area contributed by atoms with E-state index in [9.17, 15) is 104 Å². The quantitative estimate of drug-likeness (QED) is 0.0220. The molecule has 2 saturated heterocycles. The number of hydrogen-bond acceptors (Lipinski definition) is 30. The second-order valence-corrected chi connectivity index (χ2v) is 48.4. The van der Waals surface area contributed by atoms with Crippen LogP contribution in [0.25, 0.3) is 0 Å². The first kappa shape index (κ1) is 150. The number of esters is 5. The molecule has 0 bridgehead atoms. The first-order valence-electron chi connectivity index (χ1n) is 54.1. The third-order valence-corrected chi connectivity index (χ3v) is 28.8. The van der Waals surface area contributed by atoms with Gasteiger partial charge in [0.25, 0.3) is 0 Å². The van der Waals surface area contributed by atoms with E-state index >= 15 is 0 Å². The predicted molar refractivity (Wildman–Crippen MR) is 580 cm³/mol. The fraction of sp³-hybridized carbons (Fsp3) is 0.830. The molecular formula is C112H204N5O28PS. The largest absolute Gasteiger partial charge is 0.465 e. The molecule has 0 aromatic heterocycles. The SMILES string of the molecule is CC(=O)C1CC(OC(=O)C(C)C)C1.CC(=O)C1CC(OC(=O)C(C)C)C1.CC(=O)C1CCC(C(=O)C(C)C)CC1.CC(=O)CCCOC(=O)C(C)C.CC(=O)CC[C@@H](CN)C(=O)C(C)C.CC(=O)[C@@H]1CCCN1C(=O)CCCOC(=O)C(C)C.CC(=O)[C@H](C)CCC(=O)C(C)C.CC(C)C(=O)CCCCP(C)(=O)O.CC(C)C(=O)OCCCC(=O)N1CCN(C)CC1.CCCS(=O)(=O)C(C)C.CC[C@@H](N)CCC(=O)C(C)C. The van der Waals surface area contributed by atoms with E-state index in [1.54, 1.807) is 88.0 Å². The molecule has 3 aliphatic carbocycles. The Labute approximate surface area is 886 Å². The predicted octanol–water partition coefficient (Wildman–Crippen LogP) is 18.2. The van der Waals surface area contributed by atoms with Gasteiger partial charge in [-0.3, -0.25) is 86.1 Å². The molecule has 5 aliphatic rings. The van der Waals surface area contributed by atoms with Crippen molar-refractivity contribution < 1.29 is 133 Å². The number of unbranched alkanes of at least 4 members (excludes halogenated alkanes) is 1. The summed E-state index contributed by atoms with van der Waals surface area (Å²) in [6.07, 6.45) is 19.0. The fourth-order valence-electron chi connectivity index (χ4n) is 13.9. The van der Waals surface area contributed by atoms with Crippen molar-refractivity contribution in [3.63, 3.8) is 0 Å². The minimum atomic E-state index is -2.86. The summed E-state index contributed by atoms with van der Waals surface area (Å²) in [7, 11) is -3.55. The van der Waals surface area contributed by atoms with Crippen LogP contribution in [0.15, 0.2) is 0 Å². The van der Waals surface area contributed by atoms with Gasteiger partial charge in [0.1, 0.15) is 75.8 Å². The number of likely N-dealkylation sites (tertiary alicyclic amines) is 1. The number of amides is 2. The van der Waals surface area contributed by atoms with Crippen LogP contribution < -0.4 is 11.5 Å². The summed E-state index contributed by atoms with van der Waals surface area (Å²) < 4.78 is 57.9. The van der Waals surface area contributed by atoms with Crippen LogP contribution in [0.1, 0.15) is 395 Å². The lowest BCUT2D eigenvalue weighted by Gasteiger charge is -2.33. The highest BCUT2D eigenvalue weighted by molar-refractivity contribution is 7.91. The van der Waals surface area contributed by atoms with Gasteiger partial charge >= 0.3 is 29.8 Å². The number of carbonyl (C=O) groups is 19. The molecule has 5 N–H and O–H groups in total. The first-order valence-corrected chi connectivity index (χ1v) is 58.1. The van der Waals surface area contributed by atoms with E-state index < -0.39 is 17.2 Å².